The Balaban J connectivity index is 2.12. The summed E-state index contributed by atoms with van der Waals surface area (Å²) in [6.45, 7) is 2.54. The van der Waals surface area contributed by atoms with E-state index in [9.17, 15) is 14.7 Å². The summed E-state index contributed by atoms with van der Waals surface area (Å²) in [5.74, 6) is -1.12. The highest BCUT2D eigenvalue weighted by molar-refractivity contribution is 6.46. The first-order valence-electron chi connectivity index (χ1n) is 9.66. The Morgan fingerprint density at radius 3 is 2.52 bits per heavy atom. The van der Waals surface area contributed by atoms with Crippen LogP contribution in [0.4, 0.5) is 0 Å². The summed E-state index contributed by atoms with van der Waals surface area (Å²) in [5, 5.41) is 11.4. The third-order valence-corrected chi connectivity index (χ3v) is 5.39. The molecule has 1 aliphatic rings. The number of ketones is 1. The van der Waals surface area contributed by atoms with Gasteiger partial charge in [0.2, 0.25) is 0 Å². The molecule has 1 fully saturated rings. The van der Waals surface area contributed by atoms with Gasteiger partial charge in [0.25, 0.3) is 11.7 Å². The minimum atomic E-state index is -0.679. The molecule has 152 valence electrons. The lowest BCUT2D eigenvalue weighted by Gasteiger charge is -2.25. The van der Waals surface area contributed by atoms with Gasteiger partial charge in [-0.3, -0.25) is 9.59 Å². The summed E-state index contributed by atoms with van der Waals surface area (Å²) >= 11 is 6.08. The first kappa shape index (κ1) is 20.9. The normalized spacial score (nSPS) is 18.3. The van der Waals surface area contributed by atoms with Gasteiger partial charge in [0.15, 0.2) is 0 Å². The molecule has 2 aromatic rings. The summed E-state index contributed by atoms with van der Waals surface area (Å²) in [6.07, 6.45) is 2.76. The topological polar surface area (TPSA) is 66.8 Å². The van der Waals surface area contributed by atoms with Crippen molar-refractivity contribution in [3.8, 4) is 5.75 Å². The third kappa shape index (κ3) is 4.15. The molecule has 1 saturated heterocycles. The van der Waals surface area contributed by atoms with Gasteiger partial charge in [-0.05, 0) is 30.2 Å². The number of amides is 1. The summed E-state index contributed by atoms with van der Waals surface area (Å²) in [6, 6.07) is 13.4. The molecule has 1 amide bonds. The number of rotatable bonds is 7. The number of unbranched alkanes of at least 4 members (excludes halogenated alkanes) is 2. The molecule has 1 unspecified atom stereocenters. The molecule has 0 bridgehead atoms. The number of Topliss-reactive ketones (excluding diaryl/α,β-unsaturated/α-hetero) is 1. The van der Waals surface area contributed by atoms with E-state index in [1.54, 1.807) is 23.1 Å². The Hall–Kier alpha value is -2.79. The third-order valence-electron chi connectivity index (χ3n) is 5.08. The molecule has 1 heterocycles. The fourth-order valence-electron chi connectivity index (χ4n) is 3.59. The van der Waals surface area contributed by atoms with Crippen molar-refractivity contribution in [1.29, 1.82) is 0 Å². The van der Waals surface area contributed by atoms with Gasteiger partial charge in [-0.1, -0.05) is 61.7 Å². The Kier molecular flexibility index (Phi) is 6.60. The molecule has 0 spiro atoms. The number of carbonyl (C=O) groups is 2. The van der Waals surface area contributed by atoms with Crippen LogP contribution in [0.15, 0.2) is 54.1 Å². The van der Waals surface area contributed by atoms with Crippen LogP contribution in [0.2, 0.25) is 5.02 Å². The molecule has 1 atom stereocenters. The fourth-order valence-corrected chi connectivity index (χ4v) is 3.78. The van der Waals surface area contributed by atoms with Gasteiger partial charge in [-0.2, -0.15) is 0 Å². The van der Waals surface area contributed by atoms with Crippen molar-refractivity contribution in [3.63, 3.8) is 0 Å². The van der Waals surface area contributed by atoms with Gasteiger partial charge < -0.3 is 14.7 Å². The Labute approximate surface area is 175 Å². The van der Waals surface area contributed by atoms with E-state index in [1.807, 2.05) is 30.3 Å². The van der Waals surface area contributed by atoms with Crippen molar-refractivity contribution in [2.24, 2.45) is 0 Å². The van der Waals surface area contributed by atoms with Crippen LogP contribution < -0.4 is 4.74 Å². The minimum absolute atomic E-state index is 0.0853. The van der Waals surface area contributed by atoms with Crippen LogP contribution in [0.3, 0.4) is 0 Å². The summed E-state index contributed by atoms with van der Waals surface area (Å²) in [5.41, 5.74) is 1.24. The number of methoxy groups -OCH3 is 1. The van der Waals surface area contributed by atoms with Crippen LogP contribution in [0, 0.1) is 0 Å². The minimum Gasteiger partial charge on any atom is -0.507 e. The van der Waals surface area contributed by atoms with Crippen molar-refractivity contribution in [3.05, 3.63) is 70.3 Å². The predicted octanol–water partition coefficient (Wildman–Crippen LogP) is 4.96. The lowest BCUT2D eigenvalue weighted by Crippen LogP contribution is -2.30. The number of aliphatic hydroxyl groups excluding tert-OH is 1. The van der Waals surface area contributed by atoms with Crippen molar-refractivity contribution < 1.29 is 19.4 Å². The Morgan fingerprint density at radius 2 is 1.86 bits per heavy atom. The number of likely N-dealkylation sites (tertiary alicyclic amines) is 1. The molecule has 0 radical (unpaired) electrons. The van der Waals surface area contributed by atoms with Gasteiger partial charge in [0, 0.05) is 12.1 Å². The zero-order chi connectivity index (χ0) is 21.0. The molecule has 1 N–H and O–H groups in total. The van der Waals surface area contributed by atoms with Gasteiger partial charge >= 0.3 is 0 Å². The number of aliphatic hydroxyl groups is 1. The van der Waals surface area contributed by atoms with E-state index in [2.05, 4.69) is 6.92 Å². The van der Waals surface area contributed by atoms with E-state index in [0.717, 1.165) is 24.8 Å². The predicted molar refractivity (Wildman–Crippen MR) is 113 cm³/mol. The summed E-state index contributed by atoms with van der Waals surface area (Å²) in [4.78, 5) is 27.3. The fraction of sp³-hybridized carbons (Fsp3) is 0.304. The number of ether oxygens (including phenoxy) is 1. The highest BCUT2D eigenvalue weighted by Crippen LogP contribution is 2.40. The maximum absolute atomic E-state index is 12.9. The van der Waals surface area contributed by atoms with Gasteiger partial charge in [0.05, 0.1) is 23.7 Å². The van der Waals surface area contributed by atoms with Gasteiger partial charge in [-0.15, -0.1) is 0 Å². The number of carbonyl (C=O) groups excluding carboxylic acids is 2. The Bertz CT molecular complexity index is 939. The molecule has 6 heteroatoms. The van der Waals surface area contributed by atoms with E-state index in [4.69, 9.17) is 16.3 Å². The standard InChI is InChI=1S/C23H24ClNO4/c1-3-4-8-13-25-20(15-9-6-5-7-10-15)19(22(27)23(25)28)21(26)16-11-12-17(24)18(14-16)29-2/h5-7,9-12,14,20,26H,3-4,8,13H2,1-2H3/b21-19-. The van der Waals surface area contributed by atoms with E-state index < -0.39 is 17.7 Å². The molecular formula is C23H24ClNO4. The molecule has 0 saturated carbocycles. The number of hydrogen-bond acceptors (Lipinski definition) is 4. The average molecular weight is 414 g/mol. The summed E-state index contributed by atoms with van der Waals surface area (Å²) in [7, 11) is 1.47. The highest BCUT2D eigenvalue weighted by atomic mass is 35.5. The molecule has 3 rings (SSSR count). The van der Waals surface area contributed by atoms with Crippen molar-refractivity contribution >= 4 is 29.1 Å². The molecule has 0 aromatic heterocycles. The van der Waals surface area contributed by atoms with Crippen molar-refractivity contribution in [1.82, 2.24) is 4.90 Å². The van der Waals surface area contributed by atoms with E-state index in [1.165, 1.54) is 7.11 Å². The van der Waals surface area contributed by atoms with Crippen LogP contribution >= 0.6 is 11.6 Å². The maximum Gasteiger partial charge on any atom is 0.295 e. The van der Waals surface area contributed by atoms with Crippen molar-refractivity contribution in [2.45, 2.75) is 32.2 Å². The highest BCUT2D eigenvalue weighted by Gasteiger charge is 2.45. The smallest absolute Gasteiger partial charge is 0.295 e. The molecule has 29 heavy (non-hydrogen) atoms. The van der Waals surface area contributed by atoms with Crippen LogP contribution in [0.5, 0.6) is 5.75 Å². The number of halogens is 1. The molecule has 2 aromatic carbocycles. The second kappa shape index (κ2) is 9.14. The lowest BCUT2D eigenvalue weighted by molar-refractivity contribution is -0.139. The first-order valence-corrected chi connectivity index (χ1v) is 10.0. The zero-order valence-corrected chi connectivity index (χ0v) is 17.3. The monoisotopic (exact) mass is 413 g/mol. The van der Waals surface area contributed by atoms with Gasteiger partial charge in [0.1, 0.15) is 11.5 Å². The van der Waals surface area contributed by atoms with Gasteiger partial charge in [-0.25, -0.2) is 0 Å². The number of hydrogen-bond donors (Lipinski definition) is 1. The summed E-state index contributed by atoms with van der Waals surface area (Å²) < 4.78 is 5.22. The average Bonchev–Trinajstić information content (AvgIpc) is 2.99. The first-order chi connectivity index (χ1) is 14.0. The number of benzene rings is 2. The second-order valence-electron chi connectivity index (χ2n) is 6.96. The van der Waals surface area contributed by atoms with Crippen LogP contribution in [0.1, 0.15) is 43.4 Å². The van der Waals surface area contributed by atoms with Crippen LogP contribution in [-0.2, 0) is 9.59 Å². The lowest BCUT2D eigenvalue weighted by atomic mass is 9.95. The molecular weight excluding hydrogens is 390 g/mol. The molecule has 5 nitrogen and oxygen atoms in total. The van der Waals surface area contributed by atoms with Crippen LogP contribution in [-0.4, -0.2) is 35.4 Å². The maximum atomic E-state index is 12.9. The largest absolute Gasteiger partial charge is 0.507 e. The van der Waals surface area contributed by atoms with E-state index in [-0.39, 0.29) is 11.3 Å². The zero-order valence-electron chi connectivity index (χ0n) is 16.5. The van der Waals surface area contributed by atoms with Crippen molar-refractivity contribution in [2.75, 3.05) is 13.7 Å². The molecule has 0 aliphatic carbocycles. The van der Waals surface area contributed by atoms with Crippen LogP contribution in [0.25, 0.3) is 5.76 Å². The Morgan fingerprint density at radius 1 is 1.14 bits per heavy atom. The number of nitrogens with zero attached hydrogens (tertiary/aromatic N) is 1. The van der Waals surface area contributed by atoms with E-state index >= 15 is 0 Å². The quantitative estimate of drug-likeness (QED) is 0.301. The molecule has 1 aliphatic heterocycles. The SMILES string of the molecule is CCCCCN1C(=O)C(=O)/C(=C(\O)c2ccc(Cl)c(OC)c2)C1c1ccccc1. The van der Waals surface area contributed by atoms with E-state index in [0.29, 0.717) is 22.9 Å². The second-order valence-corrected chi connectivity index (χ2v) is 7.37.